The van der Waals surface area contributed by atoms with Gasteiger partial charge in [-0.05, 0) is 65.7 Å². The van der Waals surface area contributed by atoms with Crippen LogP contribution in [0.4, 0.5) is 0 Å². The number of phenolic OH excluding ortho intramolecular Hbond substituents is 1. The van der Waals surface area contributed by atoms with Crippen LogP contribution < -0.4 is 9.47 Å². The van der Waals surface area contributed by atoms with E-state index < -0.39 is 0 Å². The first-order valence-electron chi connectivity index (χ1n) is 7.78. The molecule has 4 nitrogen and oxygen atoms in total. The number of ether oxygens (including phenoxy) is 2. The third-order valence-corrected chi connectivity index (χ3v) is 4.00. The minimum atomic E-state index is -0.117. The van der Waals surface area contributed by atoms with E-state index in [1.165, 1.54) is 6.07 Å². The van der Waals surface area contributed by atoms with Crippen LogP contribution in [0.25, 0.3) is 11.1 Å². The van der Waals surface area contributed by atoms with Gasteiger partial charge in [0, 0.05) is 11.1 Å². The van der Waals surface area contributed by atoms with Crippen molar-refractivity contribution in [3.63, 3.8) is 0 Å². The van der Waals surface area contributed by atoms with E-state index in [4.69, 9.17) is 9.47 Å². The lowest BCUT2D eigenvalue weighted by Crippen LogP contribution is -2.03. The van der Waals surface area contributed by atoms with Gasteiger partial charge in [0.1, 0.15) is 17.2 Å². The van der Waals surface area contributed by atoms with Crippen molar-refractivity contribution >= 4 is 5.78 Å². The molecule has 0 fully saturated rings. The van der Waals surface area contributed by atoms with E-state index in [0.717, 1.165) is 11.3 Å². The van der Waals surface area contributed by atoms with E-state index in [1.54, 1.807) is 50.6 Å². The monoisotopic (exact) mass is 334 g/mol. The Balaban J connectivity index is 2.04. The molecule has 0 spiro atoms. The average molecular weight is 334 g/mol. The van der Waals surface area contributed by atoms with Crippen LogP contribution in [0.5, 0.6) is 17.2 Å². The summed E-state index contributed by atoms with van der Waals surface area (Å²) in [6, 6.07) is 19.1. The molecule has 0 amide bonds. The Bertz CT molecular complexity index is 881. The molecular formula is C21H18O4. The molecule has 0 aliphatic rings. The summed E-state index contributed by atoms with van der Waals surface area (Å²) in [6.07, 6.45) is 0. The molecule has 1 N–H and O–H groups in total. The summed E-state index contributed by atoms with van der Waals surface area (Å²) < 4.78 is 10.3. The molecule has 0 saturated carbocycles. The van der Waals surface area contributed by atoms with Crippen molar-refractivity contribution in [3.05, 3.63) is 77.9 Å². The molecule has 0 bridgehead atoms. The molecule has 0 radical (unpaired) electrons. The molecule has 0 heterocycles. The second-order valence-electron chi connectivity index (χ2n) is 5.52. The molecule has 0 unspecified atom stereocenters. The van der Waals surface area contributed by atoms with E-state index in [-0.39, 0.29) is 11.5 Å². The van der Waals surface area contributed by atoms with Crippen LogP contribution >= 0.6 is 0 Å². The summed E-state index contributed by atoms with van der Waals surface area (Å²) in [5.41, 5.74) is 2.58. The molecule has 0 aliphatic carbocycles. The standard InChI is InChI=1S/C21H18O4/c1-24-17-8-3-14(4-9-17)20-13-16(22)7-12-19(20)21(23)15-5-10-18(25-2)11-6-15/h3-13,22H,1-2H3. The number of ketones is 1. The van der Waals surface area contributed by atoms with Crippen LogP contribution in [0.15, 0.2) is 66.7 Å². The zero-order valence-electron chi connectivity index (χ0n) is 14.0. The highest BCUT2D eigenvalue weighted by atomic mass is 16.5. The number of rotatable bonds is 5. The summed E-state index contributed by atoms with van der Waals surface area (Å²) in [5, 5.41) is 9.87. The minimum Gasteiger partial charge on any atom is -0.508 e. The Morgan fingerprint density at radius 3 is 1.92 bits per heavy atom. The van der Waals surface area contributed by atoms with Crippen molar-refractivity contribution in [1.29, 1.82) is 0 Å². The maximum absolute atomic E-state index is 12.9. The van der Waals surface area contributed by atoms with Gasteiger partial charge in [-0.1, -0.05) is 12.1 Å². The molecule has 126 valence electrons. The van der Waals surface area contributed by atoms with E-state index in [2.05, 4.69) is 0 Å². The van der Waals surface area contributed by atoms with Crippen molar-refractivity contribution < 1.29 is 19.4 Å². The van der Waals surface area contributed by atoms with Gasteiger partial charge in [0.15, 0.2) is 5.78 Å². The third kappa shape index (κ3) is 3.48. The quantitative estimate of drug-likeness (QED) is 0.707. The van der Waals surface area contributed by atoms with E-state index in [9.17, 15) is 9.90 Å². The second-order valence-corrected chi connectivity index (χ2v) is 5.52. The lowest BCUT2D eigenvalue weighted by Gasteiger charge is -2.11. The van der Waals surface area contributed by atoms with Gasteiger partial charge < -0.3 is 14.6 Å². The summed E-state index contributed by atoms with van der Waals surface area (Å²) in [5.74, 6) is 1.41. The van der Waals surface area contributed by atoms with Crippen molar-refractivity contribution in [2.24, 2.45) is 0 Å². The molecule has 3 aromatic rings. The summed E-state index contributed by atoms with van der Waals surface area (Å²) in [6.45, 7) is 0. The van der Waals surface area contributed by atoms with Crippen LogP contribution in [0.3, 0.4) is 0 Å². The van der Waals surface area contributed by atoms with Crippen molar-refractivity contribution in [3.8, 4) is 28.4 Å². The topological polar surface area (TPSA) is 55.8 Å². The fraction of sp³-hybridized carbons (Fsp3) is 0.0952. The van der Waals surface area contributed by atoms with Gasteiger partial charge in [0.2, 0.25) is 0 Å². The first kappa shape index (κ1) is 16.6. The van der Waals surface area contributed by atoms with Crippen LogP contribution in [-0.4, -0.2) is 25.1 Å². The van der Waals surface area contributed by atoms with Crippen molar-refractivity contribution in [2.75, 3.05) is 14.2 Å². The number of benzene rings is 3. The van der Waals surface area contributed by atoms with E-state index in [0.29, 0.717) is 22.4 Å². The van der Waals surface area contributed by atoms with Crippen LogP contribution in [0.2, 0.25) is 0 Å². The summed E-state index contributed by atoms with van der Waals surface area (Å²) >= 11 is 0. The number of hydrogen-bond acceptors (Lipinski definition) is 4. The molecule has 3 aromatic carbocycles. The van der Waals surface area contributed by atoms with Gasteiger partial charge in [-0.25, -0.2) is 0 Å². The number of carbonyl (C=O) groups is 1. The summed E-state index contributed by atoms with van der Waals surface area (Å²) in [7, 11) is 3.18. The number of methoxy groups -OCH3 is 2. The van der Waals surface area contributed by atoms with Gasteiger partial charge in [-0.3, -0.25) is 4.79 Å². The maximum Gasteiger partial charge on any atom is 0.193 e. The van der Waals surface area contributed by atoms with Crippen LogP contribution in [-0.2, 0) is 0 Å². The SMILES string of the molecule is COc1ccc(C(=O)c2ccc(O)cc2-c2ccc(OC)cc2)cc1. The second kappa shape index (κ2) is 7.09. The highest BCUT2D eigenvalue weighted by Gasteiger charge is 2.16. The van der Waals surface area contributed by atoms with Gasteiger partial charge in [-0.2, -0.15) is 0 Å². The van der Waals surface area contributed by atoms with Gasteiger partial charge in [0.05, 0.1) is 14.2 Å². The molecule has 0 aliphatic heterocycles. The van der Waals surface area contributed by atoms with Crippen LogP contribution in [0.1, 0.15) is 15.9 Å². The Morgan fingerprint density at radius 2 is 1.36 bits per heavy atom. The molecule has 0 aromatic heterocycles. The number of aromatic hydroxyl groups is 1. The lowest BCUT2D eigenvalue weighted by atomic mass is 9.93. The Hall–Kier alpha value is -3.27. The molecular weight excluding hydrogens is 316 g/mol. The predicted octanol–water partition coefficient (Wildman–Crippen LogP) is 4.31. The maximum atomic E-state index is 12.9. The number of carbonyl (C=O) groups excluding carboxylic acids is 1. The average Bonchev–Trinajstić information content (AvgIpc) is 2.67. The highest BCUT2D eigenvalue weighted by Crippen LogP contribution is 2.30. The number of phenols is 1. The van der Waals surface area contributed by atoms with E-state index in [1.807, 2.05) is 24.3 Å². The zero-order chi connectivity index (χ0) is 17.8. The first-order chi connectivity index (χ1) is 12.1. The van der Waals surface area contributed by atoms with Crippen molar-refractivity contribution in [2.45, 2.75) is 0 Å². The molecule has 0 atom stereocenters. The van der Waals surface area contributed by atoms with E-state index >= 15 is 0 Å². The fourth-order valence-corrected chi connectivity index (χ4v) is 2.64. The molecule has 0 saturated heterocycles. The molecule has 25 heavy (non-hydrogen) atoms. The highest BCUT2D eigenvalue weighted by molar-refractivity contribution is 6.13. The largest absolute Gasteiger partial charge is 0.508 e. The predicted molar refractivity (Wildman–Crippen MR) is 96.5 cm³/mol. The number of hydrogen-bond donors (Lipinski definition) is 1. The molecule has 3 rings (SSSR count). The third-order valence-electron chi connectivity index (χ3n) is 4.00. The Morgan fingerprint density at radius 1 is 0.800 bits per heavy atom. The van der Waals surface area contributed by atoms with Gasteiger partial charge in [-0.15, -0.1) is 0 Å². The Labute approximate surface area is 146 Å². The fourth-order valence-electron chi connectivity index (χ4n) is 2.64. The summed E-state index contributed by atoms with van der Waals surface area (Å²) in [4.78, 5) is 12.9. The zero-order valence-corrected chi connectivity index (χ0v) is 14.0. The van der Waals surface area contributed by atoms with Gasteiger partial charge in [0.25, 0.3) is 0 Å². The van der Waals surface area contributed by atoms with Crippen molar-refractivity contribution in [1.82, 2.24) is 0 Å². The van der Waals surface area contributed by atoms with Crippen LogP contribution in [0, 0.1) is 0 Å². The normalized spacial score (nSPS) is 10.3. The first-order valence-corrected chi connectivity index (χ1v) is 7.78. The van der Waals surface area contributed by atoms with Gasteiger partial charge >= 0.3 is 0 Å². The molecule has 4 heteroatoms. The smallest absolute Gasteiger partial charge is 0.193 e. The Kier molecular flexibility index (Phi) is 4.70. The minimum absolute atomic E-state index is 0.108. The lowest BCUT2D eigenvalue weighted by molar-refractivity contribution is 0.103.